The molecule has 0 fully saturated rings. The third-order valence-electron chi connectivity index (χ3n) is 3.23. The Bertz CT molecular complexity index is 566. The highest BCUT2D eigenvalue weighted by Gasteiger charge is 2.13. The first kappa shape index (κ1) is 14.4. The number of hydrogen-bond donors (Lipinski definition) is 1. The second kappa shape index (κ2) is 6.43. The number of hydrogen-bond acceptors (Lipinski definition) is 4. The molecule has 1 heterocycles. The molecular weight excluding hydrogens is 256 g/mol. The Balaban J connectivity index is 2.14. The van der Waals surface area contributed by atoms with Gasteiger partial charge in [0.05, 0.1) is 26.5 Å². The van der Waals surface area contributed by atoms with Crippen LogP contribution in [0.25, 0.3) is 0 Å². The monoisotopic (exact) mass is 276 g/mol. The van der Waals surface area contributed by atoms with Gasteiger partial charge in [-0.05, 0) is 30.2 Å². The zero-order valence-electron chi connectivity index (χ0n) is 12.0. The van der Waals surface area contributed by atoms with Crippen LogP contribution in [0.5, 0.6) is 11.5 Å². The maximum Gasteiger partial charge on any atom is 0.161 e. The van der Waals surface area contributed by atoms with E-state index >= 15 is 0 Å². The van der Waals surface area contributed by atoms with E-state index in [1.54, 1.807) is 32.5 Å². The van der Waals surface area contributed by atoms with Crippen molar-refractivity contribution in [1.29, 1.82) is 0 Å². The topological polar surface area (TPSA) is 56.5 Å². The molecule has 0 amide bonds. The summed E-state index contributed by atoms with van der Waals surface area (Å²) in [4.78, 5) is 0. The van der Waals surface area contributed by atoms with Gasteiger partial charge >= 0.3 is 0 Å². The molecule has 0 spiro atoms. The molecule has 0 saturated heterocycles. The molecule has 1 aromatic carbocycles. The van der Waals surface area contributed by atoms with Crippen LogP contribution in [0.3, 0.4) is 0 Å². The normalized spacial score (nSPS) is 12.2. The van der Waals surface area contributed by atoms with Crippen molar-refractivity contribution in [3.63, 3.8) is 0 Å². The van der Waals surface area contributed by atoms with Crippen molar-refractivity contribution in [3.8, 4) is 11.5 Å². The van der Waals surface area contributed by atoms with E-state index in [1.165, 1.54) is 0 Å². The Labute approximate surface area is 118 Å². The Morgan fingerprint density at radius 3 is 2.60 bits per heavy atom. The molecule has 108 valence electrons. The highest BCUT2D eigenvalue weighted by Crippen LogP contribution is 2.30. The summed E-state index contributed by atoms with van der Waals surface area (Å²) < 4.78 is 12.3. The molecule has 0 aliphatic rings. The van der Waals surface area contributed by atoms with E-state index < -0.39 is 6.10 Å². The molecule has 20 heavy (non-hydrogen) atoms. The number of nitrogens with zero attached hydrogens (tertiary/aromatic N) is 2. The van der Waals surface area contributed by atoms with Crippen molar-refractivity contribution in [2.24, 2.45) is 0 Å². The molecule has 1 aromatic heterocycles. The van der Waals surface area contributed by atoms with E-state index in [4.69, 9.17) is 9.47 Å². The molecule has 0 aliphatic carbocycles. The van der Waals surface area contributed by atoms with E-state index in [0.29, 0.717) is 17.9 Å². The lowest BCUT2D eigenvalue weighted by Crippen LogP contribution is -2.02. The van der Waals surface area contributed by atoms with E-state index in [9.17, 15) is 5.11 Å². The molecule has 2 aromatic rings. The number of ether oxygens (including phenoxy) is 2. The Morgan fingerprint density at radius 2 is 2.00 bits per heavy atom. The van der Waals surface area contributed by atoms with Gasteiger partial charge in [-0.25, -0.2) is 0 Å². The lowest BCUT2D eigenvalue weighted by atomic mass is 10.0. The van der Waals surface area contributed by atoms with Crippen LogP contribution in [0, 0.1) is 0 Å². The molecule has 5 nitrogen and oxygen atoms in total. The Kier molecular flexibility index (Phi) is 4.63. The summed E-state index contributed by atoms with van der Waals surface area (Å²) in [6, 6.07) is 5.44. The highest BCUT2D eigenvalue weighted by atomic mass is 16.5. The molecule has 5 heteroatoms. The summed E-state index contributed by atoms with van der Waals surface area (Å²) in [5.41, 5.74) is 1.81. The second-order valence-corrected chi connectivity index (χ2v) is 4.54. The number of methoxy groups -OCH3 is 2. The lowest BCUT2D eigenvalue weighted by molar-refractivity contribution is 0.178. The van der Waals surface area contributed by atoms with Gasteiger partial charge in [0.25, 0.3) is 0 Å². The van der Waals surface area contributed by atoms with Crippen molar-refractivity contribution < 1.29 is 14.6 Å². The maximum absolute atomic E-state index is 10.3. The molecule has 0 saturated carbocycles. The fourth-order valence-electron chi connectivity index (χ4n) is 2.09. The van der Waals surface area contributed by atoms with Crippen molar-refractivity contribution in [2.75, 3.05) is 14.2 Å². The molecule has 2 rings (SSSR count). The third-order valence-corrected chi connectivity index (χ3v) is 3.23. The van der Waals surface area contributed by atoms with Gasteiger partial charge in [0.2, 0.25) is 0 Å². The van der Waals surface area contributed by atoms with Gasteiger partial charge in [-0.3, -0.25) is 4.68 Å². The molecule has 1 atom stereocenters. The SMILES string of the molecule is CCn1cc(CC(O)c2ccc(OC)c(OC)c2)cn1. The van der Waals surface area contributed by atoms with E-state index in [-0.39, 0.29) is 0 Å². The van der Waals surface area contributed by atoms with Gasteiger partial charge in [-0.1, -0.05) is 6.07 Å². The number of aryl methyl sites for hydroxylation is 1. The van der Waals surface area contributed by atoms with Gasteiger partial charge in [0.1, 0.15) is 0 Å². The number of benzene rings is 1. The summed E-state index contributed by atoms with van der Waals surface area (Å²) in [6.07, 6.45) is 3.66. The van der Waals surface area contributed by atoms with E-state index in [0.717, 1.165) is 17.7 Å². The van der Waals surface area contributed by atoms with Gasteiger partial charge in [-0.2, -0.15) is 5.10 Å². The first-order chi connectivity index (χ1) is 9.67. The zero-order chi connectivity index (χ0) is 14.5. The van der Waals surface area contributed by atoms with Crippen LogP contribution in [-0.4, -0.2) is 29.1 Å². The molecule has 0 bridgehead atoms. The van der Waals surface area contributed by atoms with Gasteiger partial charge < -0.3 is 14.6 Å². The highest BCUT2D eigenvalue weighted by molar-refractivity contribution is 5.43. The molecule has 0 aliphatic heterocycles. The second-order valence-electron chi connectivity index (χ2n) is 4.54. The number of aliphatic hydroxyl groups excluding tert-OH is 1. The predicted octanol–water partition coefficient (Wildman–Crippen LogP) is 2.20. The van der Waals surface area contributed by atoms with Crippen LogP contribution in [0.1, 0.15) is 24.2 Å². The molecule has 1 unspecified atom stereocenters. The summed E-state index contributed by atoms with van der Waals surface area (Å²) in [7, 11) is 3.17. The van der Waals surface area contributed by atoms with E-state index in [2.05, 4.69) is 5.10 Å². The Morgan fingerprint density at radius 1 is 1.25 bits per heavy atom. The maximum atomic E-state index is 10.3. The first-order valence-electron chi connectivity index (χ1n) is 6.59. The molecule has 1 N–H and O–H groups in total. The van der Waals surface area contributed by atoms with Gasteiger partial charge in [-0.15, -0.1) is 0 Å². The van der Waals surface area contributed by atoms with Gasteiger partial charge in [0.15, 0.2) is 11.5 Å². The number of aliphatic hydroxyl groups is 1. The van der Waals surface area contributed by atoms with Crippen molar-refractivity contribution in [2.45, 2.75) is 26.0 Å². The van der Waals surface area contributed by atoms with Crippen LogP contribution in [-0.2, 0) is 13.0 Å². The van der Waals surface area contributed by atoms with Crippen LogP contribution < -0.4 is 9.47 Å². The minimum absolute atomic E-state index is 0.523. The first-order valence-corrected chi connectivity index (χ1v) is 6.59. The van der Waals surface area contributed by atoms with Crippen molar-refractivity contribution >= 4 is 0 Å². The minimum Gasteiger partial charge on any atom is -0.493 e. The average Bonchev–Trinajstić information content (AvgIpc) is 2.94. The van der Waals surface area contributed by atoms with Crippen LogP contribution in [0.4, 0.5) is 0 Å². The van der Waals surface area contributed by atoms with Crippen molar-refractivity contribution in [3.05, 3.63) is 41.7 Å². The third kappa shape index (κ3) is 3.11. The summed E-state index contributed by atoms with van der Waals surface area (Å²) in [6.45, 7) is 2.86. The quantitative estimate of drug-likeness (QED) is 0.878. The smallest absolute Gasteiger partial charge is 0.161 e. The fraction of sp³-hybridized carbons (Fsp3) is 0.400. The van der Waals surface area contributed by atoms with Crippen LogP contribution in [0.2, 0.25) is 0 Å². The van der Waals surface area contributed by atoms with Gasteiger partial charge in [0, 0.05) is 19.2 Å². The fourth-order valence-corrected chi connectivity index (χ4v) is 2.09. The largest absolute Gasteiger partial charge is 0.493 e. The van der Waals surface area contributed by atoms with Crippen LogP contribution in [0.15, 0.2) is 30.6 Å². The van der Waals surface area contributed by atoms with E-state index in [1.807, 2.05) is 23.9 Å². The zero-order valence-corrected chi connectivity index (χ0v) is 12.0. The summed E-state index contributed by atoms with van der Waals surface area (Å²) in [5, 5.41) is 14.5. The lowest BCUT2D eigenvalue weighted by Gasteiger charge is -2.13. The van der Waals surface area contributed by atoms with Crippen molar-refractivity contribution in [1.82, 2.24) is 9.78 Å². The molecular formula is C15H20N2O3. The molecule has 0 radical (unpaired) electrons. The van der Waals surface area contributed by atoms with Crippen LogP contribution >= 0.6 is 0 Å². The number of aromatic nitrogens is 2. The summed E-state index contributed by atoms with van der Waals surface area (Å²) >= 11 is 0. The summed E-state index contributed by atoms with van der Waals surface area (Å²) in [5.74, 6) is 1.27. The predicted molar refractivity (Wildman–Crippen MR) is 76.1 cm³/mol. The number of rotatable bonds is 6. The minimum atomic E-state index is -0.593. The Hall–Kier alpha value is -2.01. The standard InChI is InChI=1S/C15H20N2O3/c1-4-17-10-11(9-16-17)7-13(18)12-5-6-14(19-2)15(8-12)20-3/h5-6,8-10,13,18H,4,7H2,1-3H3. The average molecular weight is 276 g/mol.